The first-order valence-corrected chi connectivity index (χ1v) is 8.63. The minimum Gasteiger partial charge on any atom is -0.477 e. The van der Waals surface area contributed by atoms with Crippen molar-refractivity contribution in [3.63, 3.8) is 0 Å². The Hall–Kier alpha value is -2.48. The maximum atomic E-state index is 12.5. The molecule has 0 atom stereocenters. The summed E-state index contributed by atoms with van der Waals surface area (Å²) in [6.45, 7) is 5.77. The summed E-state index contributed by atoms with van der Waals surface area (Å²) in [6, 6.07) is 0. The summed E-state index contributed by atoms with van der Waals surface area (Å²) in [5.41, 5.74) is 0.867. The summed E-state index contributed by atoms with van der Waals surface area (Å²) in [7, 11) is 0. The van der Waals surface area contributed by atoms with Gasteiger partial charge in [-0.2, -0.15) is 0 Å². The summed E-state index contributed by atoms with van der Waals surface area (Å²) in [5, 5.41) is 3.79. The SMILES string of the molecule is CCOc1ncnc2sc(C(=O)NCCCn3ccnc3)c(C)c12. The molecule has 0 unspecified atom stereocenters. The molecule has 0 aromatic carbocycles. The first-order valence-electron chi connectivity index (χ1n) is 7.81. The molecule has 126 valence electrons. The van der Waals surface area contributed by atoms with Gasteiger partial charge in [0.2, 0.25) is 5.88 Å². The smallest absolute Gasteiger partial charge is 0.261 e. The zero-order chi connectivity index (χ0) is 16.9. The van der Waals surface area contributed by atoms with Crippen molar-refractivity contribution in [3.8, 4) is 5.88 Å². The molecule has 1 N–H and O–H groups in total. The van der Waals surface area contributed by atoms with Gasteiger partial charge in [-0.3, -0.25) is 4.79 Å². The second-order valence-electron chi connectivity index (χ2n) is 5.26. The van der Waals surface area contributed by atoms with E-state index in [1.54, 1.807) is 12.5 Å². The average molecular weight is 345 g/mol. The van der Waals surface area contributed by atoms with Crippen molar-refractivity contribution in [3.05, 3.63) is 35.5 Å². The first-order chi connectivity index (χ1) is 11.7. The molecule has 3 rings (SSSR count). The fraction of sp³-hybridized carbons (Fsp3) is 0.375. The van der Waals surface area contributed by atoms with E-state index in [-0.39, 0.29) is 5.91 Å². The molecule has 0 bridgehead atoms. The molecule has 0 aliphatic carbocycles. The molecular weight excluding hydrogens is 326 g/mol. The Morgan fingerprint density at radius 2 is 2.29 bits per heavy atom. The highest BCUT2D eigenvalue weighted by Gasteiger charge is 2.19. The van der Waals surface area contributed by atoms with Gasteiger partial charge in [-0.05, 0) is 25.8 Å². The van der Waals surface area contributed by atoms with E-state index in [0.29, 0.717) is 23.9 Å². The van der Waals surface area contributed by atoms with E-state index in [9.17, 15) is 4.79 Å². The third-order valence-electron chi connectivity index (χ3n) is 3.62. The molecule has 0 aliphatic heterocycles. The van der Waals surface area contributed by atoms with Gasteiger partial charge in [-0.1, -0.05) is 0 Å². The van der Waals surface area contributed by atoms with Crippen LogP contribution in [0.5, 0.6) is 5.88 Å². The van der Waals surface area contributed by atoms with Gasteiger partial charge in [0.15, 0.2) is 0 Å². The molecule has 0 saturated heterocycles. The topological polar surface area (TPSA) is 81.9 Å². The first kappa shape index (κ1) is 16.4. The number of aromatic nitrogens is 4. The molecule has 3 aromatic rings. The minimum absolute atomic E-state index is 0.0800. The van der Waals surface area contributed by atoms with Crippen molar-refractivity contribution in [2.45, 2.75) is 26.8 Å². The van der Waals surface area contributed by atoms with Gasteiger partial charge in [-0.15, -0.1) is 11.3 Å². The van der Waals surface area contributed by atoms with Gasteiger partial charge in [0.05, 0.1) is 23.2 Å². The Kier molecular flexibility index (Phi) is 5.05. The van der Waals surface area contributed by atoms with Crippen LogP contribution < -0.4 is 10.1 Å². The molecule has 0 spiro atoms. The second-order valence-corrected chi connectivity index (χ2v) is 6.26. The molecule has 0 saturated carbocycles. The van der Waals surface area contributed by atoms with Crippen LogP contribution in [0.25, 0.3) is 10.2 Å². The zero-order valence-electron chi connectivity index (χ0n) is 13.7. The zero-order valence-corrected chi connectivity index (χ0v) is 14.5. The second kappa shape index (κ2) is 7.39. The number of nitrogens with one attached hydrogen (secondary N) is 1. The van der Waals surface area contributed by atoms with Crippen LogP contribution in [0.4, 0.5) is 0 Å². The lowest BCUT2D eigenvalue weighted by Gasteiger charge is -2.06. The lowest BCUT2D eigenvalue weighted by atomic mass is 10.2. The number of aryl methyl sites for hydroxylation is 2. The molecule has 3 aromatic heterocycles. The van der Waals surface area contributed by atoms with Crippen LogP contribution >= 0.6 is 11.3 Å². The Morgan fingerprint density at radius 1 is 1.42 bits per heavy atom. The van der Waals surface area contributed by atoms with E-state index in [2.05, 4.69) is 20.3 Å². The lowest BCUT2D eigenvalue weighted by Crippen LogP contribution is -2.24. The highest BCUT2D eigenvalue weighted by molar-refractivity contribution is 7.20. The third kappa shape index (κ3) is 3.38. The van der Waals surface area contributed by atoms with Crippen molar-refractivity contribution >= 4 is 27.5 Å². The number of amides is 1. The summed E-state index contributed by atoms with van der Waals surface area (Å²) in [4.78, 5) is 26.3. The van der Waals surface area contributed by atoms with Crippen LogP contribution in [0, 0.1) is 6.92 Å². The Balaban J connectivity index is 1.68. The molecule has 0 radical (unpaired) electrons. The van der Waals surface area contributed by atoms with E-state index < -0.39 is 0 Å². The van der Waals surface area contributed by atoms with Crippen molar-refractivity contribution in [2.24, 2.45) is 0 Å². The average Bonchev–Trinajstić information content (AvgIpc) is 3.20. The van der Waals surface area contributed by atoms with Crippen LogP contribution in [0.3, 0.4) is 0 Å². The maximum Gasteiger partial charge on any atom is 0.261 e. The number of carbonyl (C=O) groups is 1. The largest absolute Gasteiger partial charge is 0.477 e. The van der Waals surface area contributed by atoms with Crippen LogP contribution in [0.1, 0.15) is 28.6 Å². The maximum absolute atomic E-state index is 12.5. The number of carbonyl (C=O) groups excluding carboxylic acids is 1. The normalized spacial score (nSPS) is 10.9. The van der Waals surface area contributed by atoms with Gasteiger partial charge < -0.3 is 14.6 Å². The van der Waals surface area contributed by atoms with E-state index >= 15 is 0 Å². The number of ether oxygens (including phenoxy) is 1. The van der Waals surface area contributed by atoms with Gasteiger partial charge in [0.1, 0.15) is 11.2 Å². The molecule has 7 nitrogen and oxygen atoms in total. The van der Waals surface area contributed by atoms with E-state index in [0.717, 1.165) is 28.7 Å². The van der Waals surface area contributed by atoms with Gasteiger partial charge in [-0.25, -0.2) is 15.0 Å². The summed E-state index contributed by atoms with van der Waals surface area (Å²) >= 11 is 1.37. The van der Waals surface area contributed by atoms with Crippen LogP contribution in [0.2, 0.25) is 0 Å². The molecular formula is C16H19N5O2S. The van der Waals surface area contributed by atoms with Crippen molar-refractivity contribution in [2.75, 3.05) is 13.2 Å². The van der Waals surface area contributed by atoms with Crippen LogP contribution in [0.15, 0.2) is 25.0 Å². The fourth-order valence-electron chi connectivity index (χ4n) is 2.46. The number of thiophene rings is 1. The monoisotopic (exact) mass is 345 g/mol. The summed E-state index contributed by atoms with van der Waals surface area (Å²) < 4.78 is 7.53. The van der Waals surface area contributed by atoms with E-state index in [1.165, 1.54) is 17.7 Å². The quantitative estimate of drug-likeness (QED) is 0.665. The molecule has 0 aliphatic rings. The predicted octanol–water partition coefficient (Wildman–Crippen LogP) is 2.42. The number of nitrogens with zero attached hydrogens (tertiary/aromatic N) is 4. The van der Waals surface area contributed by atoms with Crippen molar-refractivity contribution in [1.82, 2.24) is 24.8 Å². The summed E-state index contributed by atoms with van der Waals surface area (Å²) in [6.07, 6.45) is 7.74. The number of hydrogen-bond donors (Lipinski definition) is 1. The Labute approximate surface area is 143 Å². The van der Waals surface area contributed by atoms with Gasteiger partial charge in [0.25, 0.3) is 5.91 Å². The highest BCUT2D eigenvalue weighted by atomic mass is 32.1. The van der Waals surface area contributed by atoms with Crippen LogP contribution in [-0.4, -0.2) is 38.6 Å². The number of hydrogen-bond acceptors (Lipinski definition) is 6. The third-order valence-corrected chi connectivity index (χ3v) is 4.82. The summed E-state index contributed by atoms with van der Waals surface area (Å²) in [5.74, 6) is 0.457. The fourth-order valence-corrected chi connectivity index (χ4v) is 3.52. The molecule has 0 fully saturated rings. The minimum atomic E-state index is -0.0800. The van der Waals surface area contributed by atoms with E-state index in [4.69, 9.17) is 4.74 Å². The number of rotatable bonds is 7. The highest BCUT2D eigenvalue weighted by Crippen LogP contribution is 2.34. The molecule has 3 heterocycles. The Bertz CT molecular complexity index is 828. The van der Waals surface area contributed by atoms with E-state index in [1.807, 2.05) is 24.6 Å². The number of fused-ring (bicyclic) bond motifs is 1. The van der Waals surface area contributed by atoms with Gasteiger partial charge >= 0.3 is 0 Å². The van der Waals surface area contributed by atoms with Crippen LogP contribution in [-0.2, 0) is 6.54 Å². The van der Waals surface area contributed by atoms with Crippen molar-refractivity contribution < 1.29 is 9.53 Å². The standard InChI is InChI=1S/C16H19N5O2S/c1-3-23-15-12-11(2)13(24-16(12)20-9-19-15)14(22)18-5-4-7-21-8-6-17-10-21/h6,8-10H,3-5,7H2,1-2H3,(H,18,22). The number of imidazole rings is 1. The Morgan fingerprint density at radius 3 is 3.04 bits per heavy atom. The van der Waals surface area contributed by atoms with Gasteiger partial charge in [0, 0.05) is 25.5 Å². The molecule has 1 amide bonds. The lowest BCUT2D eigenvalue weighted by molar-refractivity contribution is 0.0956. The predicted molar refractivity (Wildman–Crippen MR) is 92.5 cm³/mol. The molecule has 8 heteroatoms. The molecule has 24 heavy (non-hydrogen) atoms. The van der Waals surface area contributed by atoms with Crippen molar-refractivity contribution in [1.29, 1.82) is 0 Å².